The number of phosphoric acid groups is 1. The van der Waals surface area contributed by atoms with E-state index in [0.717, 1.165) is 109 Å². The monoisotopic (exact) mass is 1140 g/mol. The molecule has 0 radical (unpaired) electrons. The van der Waals surface area contributed by atoms with Gasteiger partial charge in [-0.1, -0.05) is 286 Å². The minimum Gasteiger partial charge on any atom is -0.756 e. The van der Waals surface area contributed by atoms with Crippen LogP contribution in [-0.2, 0) is 27.9 Å². The van der Waals surface area contributed by atoms with E-state index in [1.807, 2.05) is 33.3 Å². The van der Waals surface area contributed by atoms with Crippen LogP contribution in [0.5, 0.6) is 0 Å². The van der Waals surface area contributed by atoms with E-state index >= 15 is 0 Å². The van der Waals surface area contributed by atoms with Crippen LogP contribution in [0.2, 0.25) is 0 Å². The zero-order valence-corrected chi connectivity index (χ0v) is 53.9. The second-order valence-corrected chi connectivity index (χ2v) is 25.0. The molecular weight excluding hydrogens is 1010 g/mol. The minimum absolute atomic E-state index is 0.0257. The van der Waals surface area contributed by atoms with E-state index in [1.165, 1.54) is 154 Å². The molecule has 0 fully saturated rings. The zero-order valence-electron chi connectivity index (χ0n) is 53.0. The van der Waals surface area contributed by atoms with Crippen LogP contribution in [0, 0.1) is 0 Å². The number of allylic oxidation sites excluding steroid dienone is 13. The predicted octanol–water partition coefficient (Wildman–Crippen LogP) is 20.3. The maximum absolute atomic E-state index is 13.6. The highest BCUT2D eigenvalue weighted by Gasteiger charge is 2.27. The Morgan fingerprint density at radius 3 is 1.20 bits per heavy atom. The van der Waals surface area contributed by atoms with E-state index in [1.54, 1.807) is 0 Å². The number of carbonyl (C=O) groups excluding carboxylic acids is 2. The molecule has 1 amide bonds. The first-order valence-corrected chi connectivity index (χ1v) is 34.9. The molecule has 0 spiro atoms. The number of rotatable bonds is 60. The molecule has 0 aromatic rings. The Kier molecular flexibility index (Phi) is 57.3. The van der Waals surface area contributed by atoms with Crippen LogP contribution in [0.4, 0.5) is 0 Å². The number of quaternary nitrogens is 1. The molecular formula is C70H127N2O7P. The molecule has 0 aliphatic carbocycles. The summed E-state index contributed by atoms with van der Waals surface area (Å²) in [5, 5.41) is 3.03. The molecule has 3 atom stereocenters. The van der Waals surface area contributed by atoms with Gasteiger partial charge in [-0.05, 0) is 83.1 Å². The summed E-state index contributed by atoms with van der Waals surface area (Å²) in [4.78, 5) is 40.1. The number of carbonyl (C=O) groups is 2. The van der Waals surface area contributed by atoms with Gasteiger partial charge in [-0.25, -0.2) is 0 Å². The lowest BCUT2D eigenvalue weighted by Gasteiger charge is -2.30. The molecule has 0 aromatic heterocycles. The molecule has 0 rings (SSSR count). The van der Waals surface area contributed by atoms with Crippen molar-refractivity contribution in [1.29, 1.82) is 0 Å². The number of hydrogen-bond acceptors (Lipinski definition) is 7. The van der Waals surface area contributed by atoms with Crippen LogP contribution in [0.1, 0.15) is 297 Å². The van der Waals surface area contributed by atoms with Crippen LogP contribution >= 0.6 is 7.82 Å². The van der Waals surface area contributed by atoms with E-state index in [-0.39, 0.29) is 24.9 Å². The van der Waals surface area contributed by atoms with E-state index in [2.05, 4.69) is 99.0 Å². The van der Waals surface area contributed by atoms with Crippen molar-refractivity contribution in [3.05, 3.63) is 85.1 Å². The smallest absolute Gasteiger partial charge is 0.306 e. The third-order valence-corrected chi connectivity index (χ3v) is 15.6. The molecule has 9 nitrogen and oxygen atoms in total. The maximum atomic E-state index is 13.6. The Hall–Kier alpha value is -2.81. The van der Waals surface area contributed by atoms with Crippen molar-refractivity contribution in [1.82, 2.24) is 5.32 Å². The topological polar surface area (TPSA) is 114 Å². The Morgan fingerprint density at radius 1 is 0.450 bits per heavy atom. The highest BCUT2D eigenvalue weighted by Crippen LogP contribution is 2.38. The standard InChI is InChI=1S/C70H127N2O7P/c1-7-10-13-16-19-22-25-28-30-31-32-33-34-35-36-37-38-39-40-41-43-44-47-50-53-56-59-62-69(73)71-67(66-78-80(75,76)77-65-64-72(4,5)6)68(61-58-55-52-49-46-27-24-21-18-15-12-9-3)79-70(74)63-60-57-54-51-48-45-42-29-26-23-20-17-14-11-8-2/h10,13,19,22,28,30,32-33,35-36,38-39,58,61,67-68H,7-9,11-12,14-18,20-21,23-27,29,31,34,37,40-57,59-60,62-66H2,1-6H3,(H-,71,73,75,76)/b13-10-,22-19-,30-28-,33-32-,36-35-,39-38-,61-58-. The molecule has 3 unspecified atom stereocenters. The molecule has 0 bridgehead atoms. The summed E-state index contributed by atoms with van der Waals surface area (Å²) in [7, 11) is 1.18. The molecule has 10 heteroatoms. The Bertz CT molecular complexity index is 1640. The lowest BCUT2D eigenvalue weighted by atomic mass is 10.0. The first-order chi connectivity index (χ1) is 38.9. The summed E-state index contributed by atoms with van der Waals surface area (Å²) in [5.41, 5.74) is 0. The van der Waals surface area contributed by atoms with Gasteiger partial charge in [0.05, 0.1) is 33.8 Å². The predicted molar refractivity (Wildman–Crippen MR) is 344 cm³/mol. The molecule has 0 aromatic carbocycles. The van der Waals surface area contributed by atoms with Gasteiger partial charge < -0.3 is 28.5 Å². The van der Waals surface area contributed by atoms with Gasteiger partial charge in [-0.15, -0.1) is 0 Å². The van der Waals surface area contributed by atoms with Crippen molar-refractivity contribution in [2.75, 3.05) is 40.9 Å². The highest BCUT2D eigenvalue weighted by atomic mass is 31.2. The summed E-state index contributed by atoms with van der Waals surface area (Å²) in [6, 6.07) is -0.895. The van der Waals surface area contributed by atoms with Gasteiger partial charge in [0.15, 0.2) is 0 Å². The lowest BCUT2D eigenvalue weighted by molar-refractivity contribution is -0.870. The summed E-state index contributed by atoms with van der Waals surface area (Å²) in [6.07, 6.45) is 78.4. The number of likely N-dealkylation sites (N-methyl/N-ethyl adjacent to an activating group) is 1. The summed E-state index contributed by atoms with van der Waals surface area (Å²) in [5.74, 6) is -0.544. The molecule has 0 saturated carbocycles. The van der Waals surface area contributed by atoms with Crippen LogP contribution in [0.15, 0.2) is 85.1 Å². The first-order valence-electron chi connectivity index (χ1n) is 33.4. The number of nitrogens with one attached hydrogen (secondary N) is 1. The van der Waals surface area contributed by atoms with Gasteiger partial charge in [0, 0.05) is 12.8 Å². The van der Waals surface area contributed by atoms with Gasteiger partial charge in [-0.3, -0.25) is 14.2 Å². The average molecular weight is 1140 g/mol. The molecule has 1 N–H and O–H groups in total. The molecule has 0 aliphatic rings. The fourth-order valence-electron chi connectivity index (χ4n) is 9.47. The summed E-state index contributed by atoms with van der Waals surface area (Å²) in [6.45, 7) is 6.74. The summed E-state index contributed by atoms with van der Waals surface area (Å²) >= 11 is 0. The van der Waals surface area contributed by atoms with Crippen molar-refractivity contribution in [2.45, 2.75) is 309 Å². The minimum atomic E-state index is -4.70. The van der Waals surface area contributed by atoms with Gasteiger partial charge in [0.25, 0.3) is 7.82 Å². The summed E-state index contributed by atoms with van der Waals surface area (Å²) < 4.78 is 30.4. The fraction of sp³-hybridized carbons (Fsp3) is 0.771. The molecule has 0 saturated heterocycles. The molecule has 0 heterocycles. The van der Waals surface area contributed by atoms with Gasteiger partial charge >= 0.3 is 5.97 Å². The lowest BCUT2D eigenvalue weighted by Crippen LogP contribution is -2.47. The van der Waals surface area contributed by atoms with Crippen LogP contribution in [-0.4, -0.2) is 69.4 Å². The number of unbranched alkanes of at least 4 members (excludes halogenated alkanes) is 32. The second-order valence-electron chi connectivity index (χ2n) is 23.6. The third kappa shape index (κ3) is 59.8. The van der Waals surface area contributed by atoms with Gasteiger partial charge in [0.1, 0.15) is 19.3 Å². The largest absolute Gasteiger partial charge is 0.756 e. The maximum Gasteiger partial charge on any atom is 0.306 e. The van der Waals surface area contributed by atoms with Crippen molar-refractivity contribution < 1.29 is 37.3 Å². The van der Waals surface area contributed by atoms with Gasteiger partial charge in [-0.2, -0.15) is 0 Å². The highest BCUT2D eigenvalue weighted by molar-refractivity contribution is 7.45. The van der Waals surface area contributed by atoms with E-state index < -0.39 is 26.6 Å². The second kappa shape index (κ2) is 59.4. The third-order valence-electron chi connectivity index (χ3n) is 14.6. The SMILES string of the molecule is CC/C=C\C/C=C\C/C=C\C/C=C\C/C=C\C/C=C\CCCCCCCCCCC(=O)NC(COP(=O)([O-])OCC[N+](C)(C)C)C(/C=C\CCCCCCCCCCCC)OC(=O)CCCCCCCCCCCCCCCCC. The van der Waals surface area contributed by atoms with Crippen LogP contribution in [0.3, 0.4) is 0 Å². The Balaban J connectivity index is 5.11. The average Bonchev–Trinajstić information content (AvgIpc) is 3.42. The Morgan fingerprint density at radius 2 is 0.800 bits per heavy atom. The Labute approximate surface area is 495 Å². The van der Waals surface area contributed by atoms with Crippen molar-refractivity contribution in [2.24, 2.45) is 0 Å². The first kappa shape index (κ1) is 77.2. The van der Waals surface area contributed by atoms with Gasteiger partial charge in [0.2, 0.25) is 5.91 Å². The number of amides is 1. The molecule has 80 heavy (non-hydrogen) atoms. The number of ether oxygens (including phenoxy) is 1. The zero-order chi connectivity index (χ0) is 58.6. The van der Waals surface area contributed by atoms with E-state index in [0.29, 0.717) is 17.4 Å². The number of esters is 1. The quantitative estimate of drug-likeness (QED) is 0.0212. The number of nitrogens with zero attached hydrogens (tertiary/aromatic N) is 1. The normalized spacial score (nSPS) is 14.1. The number of phosphoric ester groups is 1. The van der Waals surface area contributed by atoms with Crippen molar-refractivity contribution in [3.63, 3.8) is 0 Å². The number of hydrogen-bond donors (Lipinski definition) is 1. The van der Waals surface area contributed by atoms with E-state index in [4.69, 9.17) is 13.8 Å². The van der Waals surface area contributed by atoms with Crippen LogP contribution < -0.4 is 10.2 Å². The fourth-order valence-corrected chi connectivity index (χ4v) is 10.2. The molecule has 464 valence electrons. The molecule has 0 aliphatic heterocycles. The van der Waals surface area contributed by atoms with Crippen LogP contribution in [0.25, 0.3) is 0 Å². The van der Waals surface area contributed by atoms with E-state index in [9.17, 15) is 19.0 Å². The van der Waals surface area contributed by atoms with Crippen molar-refractivity contribution in [3.8, 4) is 0 Å². The van der Waals surface area contributed by atoms with Crippen molar-refractivity contribution >= 4 is 19.7 Å².